The van der Waals surface area contributed by atoms with Gasteiger partial charge in [0.2, 0.25) is 11.3 Å². The van der Waals surface area contributed by atoms with Crippen LogP contribution in [0.25, 0.3) is 10.9 Å². The Hall–Kier alpha value is -4.35. The molecule has 1 aliphatic carbocycles. The summed E-state index contributed by atoms with van der Waals surface area (Å²) in [5.74, 6) is -2.73. The molecule has 0 spiro atoms. The van der Waals surface area contributed by atoms with Crippen LogP contribution in [-0.4, -0.2) is 75.0 Å². The Morgan fingerprint density at radius 1 is 1.11 bits per heavy atom. The molecule has 2 aliphatic rings. The van der Waals surface area contributed by atoms with Gasteiger partial charge in [-0.2, -0.15) is 0 Å². The predicted octanol–water partition coefficient (Wildman–Crippen LogP) is 1.04. The Morgan fingerprint density at radius 2 is 1.86 bits per heavy atom. The summed E-state index contributed by atoms with van der Waals surface area (Å²) in [4.78, 5) is 59.9. The fourth-order valence-electron chi connectivity index (χ4n) is 4.38. The van der Waals surface area contributed by atoms with Gasteiger partial charge in [0.05, 0.1) is 23.9 Å². The second-order valence-electron chi connectivity index (χ2n) is 8.78. The van der Waals surface area contributed by atoms with Gasteiger partial charge in [0.1, 0.15) is 17.1 Å². The first-order chi connectivity index (χ1) is 17.3. The van der Waals surface area contributed by atoms with Crippen molar-refractivity contribution >= 4 is 34.4 Å². The summed E-state index contributed by atoms with van der Waals surface area (Å²) < 4.78 is 16.9. The van der Waals surface area contributed by atoms with Crippen LogP contribution in [0.5, 0.6) is 0 Å². The first-order valence-electron chi connectivity index (χ1n) is 11.5. The summed E-state index contributed by atoms with van der Waals surface area (Å²) in [5.41, 5.74) is -0.183. The Balaban J connectivity index is 1.30. The van der Waals surface area contributed by atoms with Crippen LogP contribution in [0.2, 0.25) is 0 Å². The Bertz CT molecular complexity index is 1410. The number of carboxylic acids is 1. The van der Waals surface area contributed by atoms with Gasteiger partial charge in [0.15, 0.2) is 0 Å². The highest BCUT2D eigenvalue weighted by atomic mass is 19.1. The van der Waals surface area contributed by atoms with E-state index < -0.39 is 23.1 Å². The highest BCUT2D eigenvalue weighted by Crippen LogP contribution is 2.38. The largest absolute Gasteiger partial charge is 0.477 e. The van der Waals surface area contributed by atoms with E-state index in [9.17, 15) is 24.3 Å². The van der Waals surface area contributed by atoms with Crippen LogP contribution < -0.4 is 15.6 Å². The van der Waals surface area contributed by atoms with E-state index in [1.807, 2.05) is 0 Å². The maximum Gasteiger partial charge on any atom is 0.341 e. The quantitative estimate of drug-likeness (QED) is 0.519. The van der Waals surface area contributed by atoms with Crippen molar-refractivity contribution in [2.75, 3.05) is 37.6 Å². The van der Waals surface area contributed by atoms with Gasteiger partial charge in [-0.25, -0.2) is 14.2 Å². The number of benzene rings is 1. The van der Waals surface area contributed by atoms with Gasteiger partial charge < -0.3 is 24.8 Å². The maximum atomic E-state index is 15.1. The fraction of sp³-hybridized carbons (Fsp3) is 0.333. The number of anilines is 1. The number of rotatable bonds is 6. The average molecular weight is 494 g/mol. The van der Waals surface area contributed by atoms with Crippen LogP contribution in [0.4, 0.5) is 10.1 Å². The number of pyridine rings is 1. The molecule has 12 heteroatoms. The van der Waals surface area contributed by atoms with Crippen molar-refractivity contribution in [2.45, 2.75) is 18.9 Å². The number of nitrogens with zero attached hydrogens (tertiary/aromatic N) is 5. The van der Waals surface area contributed by atoms with Gasteiger partial charge in [-0.3, -0.25) is 19.4 Å². The Labute approximate surface area is 204 Å². The van der Waals surface area contributed by atoms with Crippen molar-refractivity contribution in [3.8, 4) is 0 Å². The van der Waals surface area contributed by atoms with Crippen LogP contribution in [0.15, 0.2) is 41.7 Å². The van der Waals surface area contributed by atoms with Crippen LogP contribution in [0.3, 0.4) is 0 Å². The third kappa shape index (κ3) is 4.49. The molecule has 5 rings (SSSR count). The first kappa shape index (κ1) is 23.4. The number of amides is 2. The van der Waals surface area contributed by atoms with E-state index in [0.717, 1.165) is 18.9 Å². The molecule has 2 aromatic heterocycles. The Kier molecular flexibility index (Phi) is 6.08. The molecule has 36 heavy (non-hydrogen) atoms. The van der Waals surface area contributed by atoms with Gasteiger partial charge in [0, 0.05) is 56.2 Å². The van der Waals surface area contributed by atoms with Crippen molar-refractivity contribution in [1.29, 1.82) is 0 Å². The minimum Gasteiger partial charge on any atom is -0.477 e. The molecule has 1 aliphatic heterocycles. The highest BCUT2D eigenvalue weighted by Gasteiger charge is 2.29. The molecular weight excluding hydrogens is 471 g/mol. The first-order valence-corrected chi connectivity index (χ1v) is 11.5. The smallest absolute Gasteiger partial charge is 0.341 e. The summed E-state index contributed by atoms with van der Waals surface area (Å²) in [6, 6.07) is 2.78. The summed E-state index contributed by atoms with van der Waals surface area (Å²) >= 11 is 0. The van der Waals surface area contributed by atoms with E-state index in [2.05, 4.69) is 15.3 Å². The molecule has 1 aromatic carbocycles. The van der Waals surface area contributed by atoms with Crippen molar-refractivity contribution in [2.24, 2.45) is 0 Å². The third-order valence-corrected chi connectivity index (χ3v) is 6.44. The lowest BCUT2D eigenvalue weighted by Gasteiger charge is -2.36. The zero-order chi connectivity index (χ0) is 25.4. The highest BCUT2D eigenvalue weighted by molar-refractivity contribution is 5.95. The number of aromatic carboxylic acids is 1. The monoisotopic (exact) mass is 494 g/mol. The van der Waals surface area contributed by atoms with E-state index in [0.29, 0.717) is 37.4 Å². The molecule has 0 bridgehead atoms. The molecule has 1 saturated heterocycles. The molecule has 0 unspecified atom stereocenters. The molecular formula is C24H23FN6O5. The second kappa shape index (κ2) is 9.36. The molecule has 11 nitrogen and oxygen atoms in total. The summed E-state index contributed by atoms with van der Waals surface area (Å²) in [6.07, 6.45) is 7.20. The average Bonchev–Trinajstić information content (AvgIpc) is 3.73. The number of carboxylic acid groups (broad SMARTS) is 1. The molecule has 2 N–H and O–H groups in total. The molecule has 186 valence electrons. The zero-order valence-corrected chi connectivity index (χ0v) is 19.2. The lowest BCUT2D eigenvalue weighted by Crippen LogP contribution is -2.51. The predicted molar refractivity (Wildman–Crippen MR) is 127 cm³/mol. The SMILES string of the molecule is O=C(NCC(=O)N1CCN(c2cc3c(cc2F)c(=O)c(C(=O)O)cn3C2CC2)CC1)c1cnccn1. The van der Waals surface area contributed by atoms with E-state index in [-0.39, 0.29) is 35.1 Å². The van der Waals surface area contributed by atoms with Gasteiger partial charge in [-0.15, -0.1) is 0 Å². The van der Waals surface area contributed by atoms with Crippen molar-refractivity contribution in [1.82, 2.24) is 24.8 Å². The standard InChI is InChI=1S/C24H23FN6O5/c25-17-9-15-19(31(14-1-2-14)13-16(22(15)33)24(35)36)10-20(17)29-5-7-30(8-6-29)21(32)12-28-23(34)18-11-26-3-4-27-18/h3-4,9-11,13-14H,1-2,5-8,12H2,(H,28,34)(H,35,36). The number of hydrogen-bond donors (Lipinski definition) is 2. The van der Waals surface area contributed by atoms with Crippen LogP contribution in [0, 0.1) is 5.82 Å². The number of piperazine rings is 1. The molecule has 3 aromatic rings. The fourth-order valence-corrected chi connectivity index (χ4v) is 4.38. The van der Waals surface area contributed by atoms with Crippen molar-refractivity contribution in [3.63, 3.8) is 0 Å². The number of aromatic nitrogens is 3. The van der Waals surface area contributed by atoms with Crippen molar-refractivity contribution in [3.05, 3.63) is 64.2 Å². The van der Waals surface area contributed by atoms with Gasteiger partial charge in [-0.05, 0) is 25.0 Å². The number of hydrogen-bond acceptors (Lipinski definition) is 7. The van der Waals surface area contributed by atoms with Crippen LogP contribution in [0.1, 0.15) is 39.7 Å². The Morgan fingerprint density at radius 3 is 2.50 bits per heavy atom. The number of carbonyl (C=O) groups is 3. The lowest BCUT2D eigenvalue weighted by molar-refractivity contribution is -0.130. The number of carbonyl (C=O) groups excluding carboxylic acids is 2. The second-order valence-corrected chi connectivity index (χ2v) is 8.78. The molecule has 0 atom stereocenters. The molecule has 1 saturated carbocycles. The maximum absolute atomic E-state index is 15.1. The van der Waals surface area contributed by atoms with Gasteiger partial charge in [-0.1, -0.05) is 0 Å². The van der Waals surface area contributed by atoms with E-state index in [1.165, 1.54) is 24.8 Å². The zero-order valence-electron chi connectivity index (χ0n) is 19.2. The van der Waals surface area contributed by atoms with E-state index in [1.54, 1.807) is 20.4 Å². The number of fused-ring (bicyclic) bond motifs is 1. The molecule has 0 radical (unpaired) electrons. The minimum absolute atomic E-state index is 0.0377. The summed E-state index contributed by atoms with van der Waals surface area (Å²) in [6.45, 7) is 1.16. The van der Waals surface area contributed by atoms with Crippen molar-refractivity contribution < 1.29 is 23.9 Å². The molecule has 3 heterocycles. The minimum atomic E-state index is -1.34. The lowest BCUT2D eigenvalue weighted by atomic mass is 10.1. The molecule has 2 amide bonds. The summed E-state index contributed by atoms with van der Waals surface area (Å²) in [7, 11) is 0. The normalized spacial score (nSPS) is 15.7. The number of halogens is 1. The van der Waals surface area contributed by atoms with Gasteiger partial charge in [0.25, 0.3) is 5.91 Å². The topological polar surface area (TPSA) is 138 Å². The van der Waals surface area contributed by atoms with Gasteiger partial charge >= 0.3 is 5.97 Å². The van der Waals surface area contributed by atoms with E-state index >= 15 is 4.39 Å². The summed E-state index contributed by atoms with van der Waals surface area (Å²) in [5, 5.41) is 12.0. The molecule has 2 fully saturated rings. The number of nitrogens with one attached hydrogen (secondary N) is 1. The van der Waals surface area contributed by atoms with E-state index in [4.69, 9.17) is 0 Å². The third-order valence-electron chi connectivity index (χ3n) is 6.44. The van der Waals surface area contributed by atoms with Crippen LogP contribution >= 0.6 is 0 Å². The van der Waals surface area contributed by atoms with Crippen LogP contribution in [-0.2, 0) is 4.79 Å².